The molecule has 0 spiro atoms. The summed E-state index contributed by atoms with van der Waals surface area (Å²) < 4.78 is 10.2. The van der Waals surface area contributed by atoms with Crippen LogP contribution in [0, 0.1) is 18.0 Å². The van der Waals surface area contributed by atoms with E-state index in [4.69, 9.17) is 9.26 Å². The van der Waals surface area contributed by atoms with Crippen LogP contribution in [0.15, 0.2) is 40.4 Å². The van der Waals surface area contributed by atoms with Crippen molar-refractivity contribution < 1.29 is 75.3 Å². The predicted molar refractivity (Wildman–Crippen MR) is 156 cm³/mol. The number of thiazole rings is 1. The van der Waals surface area contributed by atoms with Gasteiger partial charge in [-0.3, -0.25) is 9.59 Å². The first-order valence-corrected chi connectivity index (χ1v) is 14.4. The molecule has 220 valence electrons. The Balaban J connectivity index is 0.000000385. The largest absolute Gasteiger partial charge is 1.00 e. The molecule has 1 amide bonds. The number of carbonyl (C=O) groups excluding carboxylic acids is 2. The third kappa shape index (κ3) is 10.9. The summed E-state index contributed by atoms with van der Waals surface area (Å²) in [7, 11) is 1.55. The fraction of sp³-hybridized carbons (Fsp3) is 0.517. The van der Waals surface area contributed by atoms with E-state index in [1.807, 2.05) is 59.2 Å². The number of aliphatic hydroxyl groups excluding tert-OH is 1. The summed E-state index contributed by atoms with van der Waals surface area (Å²) >= 11 is 1.64. The standard InChI is InChI=1S/C14H20N2O5.C13H15N2OS.C2H6.K/c1-9(2)13(14(19)16-4-3-10(18)8-16)11-7-12(15-21-11)20-6-5-17;1-9-13(17-8-14-9)12-6-4-11(5-7-12)10(2)15(3)16;1-2;/h5,7,9-10,13,18H,3-4,6,8H2,1-2H3;4-8,10H,1-3H3;1-2H3;/q;-1;;+1. The minimum Gasteiger partial charge on any atom is -0.785 e. The first-order chi connectivity index (χ1) is 19.1. The molecule has 4 rings (SSSR count). The molecule has 1 N–H and O–H groups in total. The van der Waals surface area contributed by atoms with Crippen LogP contribution in [0.4, 0.5) is 0 Å². The average Bonchev–Trinajstić information content (AvgIpc) is 3.70. The SMILES string of the molecule is CC.CC(C)C(C(=O)N1CCC(O)C1)c1cc(OCC=O)no1.Cc1ncsc1-c1ccc(C(C)N(C)[O-])cc1.[K+]. The van der Waals surface area contributed by atoms with Gasteiger partial charge in [0.05, 0.1) is 22.2 Å². The van der Waals surface area contributed by atoms with E-state index in [1.54, 1.807) is 29.4 Å². The molecule has 10 nitrogen and oxygen atoms in total. The molecule has 3 heterocycles. The Kier molecular flexibility index (Phi) is 17.3. The molecular weight excluding hydrogens is 572 g/mol. The molecule has 1 saturated heterocycles. The van der Waals surface area contributed by atoms with Gasteiger partial charge in [0.1, 0.15) is 12.5 Å². The van der Waals surface area contributed by atoms with Crippen molar-refractivity contribution in [2.24, 2.45) is 5.92 Å². The van der Waals surface area contributed by atoms with Gasteiger partial charge < -0.3 is 29.5 Å². The monoisotopic (exact) mass is 612 g/mol. The smallest absolute Gasteiger partial charge is 0.785 e. The molecule has 0 aliphatic carbocycles. The third-order valence-corrected chi connectivity index (χ3v) is 7.44. The molecule has 0 radical (unpaired) electrons. The zero-order chi connectivity index (χ0) is 29.8. The predicted octanol–water partition coefficient (Wildman–Crippen LogP) is 2.22. The second kappa shape index (κ2) is 18.9. The molecule has 3 unspecified atom stereocenters. The van der Waals surface area contributed by atoms with Gasteiger partial charge in [-0.05, 0) is 49.5 Å². The van der Waals surface area contributed by atoms with E-state index in [2.05, 4.69) is 22.3 Å². The number of aryl methyl sites for hydroxylation is 1. The molecule has 3 aromatic rings. The van der Waals surface area contributed by atoms with Crippen LogP contribution in [0.1, 0.15) is 70.0 Å². The Morgan fingerprint density at radius 1 is 1.29 bits per heavy atom. The van der Waals surface area contributed by atoms with Gasteiger partial charge in [-0.25, -0.2) is 4.98 Å². The summed E-state index contributed by atoms with van der Waals surface area (Å²) in [5.74, 6) is 0.0624. The van der Waals surface area contributed by atoms with Crippen LogP contribution in [0.5, 0.6) is 5.88 Å². The normalized spacial score (nSPS) is 15.7. The number of benzene rings is 1. The van der Waals surface area contributed by atoms with E-state index in [0.29, 0.717) is 31.6 Å². The van der Waals surface area contributed by atoms with Crippen molar-refractivity contribution in [1.29, 1.82) is 0 Å². The summed E-state index contributed by atoms with van der Waals surface area (Å²) in [4.78, 5) is 29.9. The third-order valence-electron chi connectivity index (χ3n) is 6.47. The van der Waals surface area contributed by atoms with Crippen molar-refractivity contribution in [3.05, 3.63) is 58.1 Å². The van der Waals surface area contributed by atoms with Crippen molar-refractivity contribution in [2.45, 2.75) is 66.0 Å². The number of amides is 1. The van der Waals surface area contributed by atoms with Crippen LogP contribution in [-0.4, -0.2) is 70.3 Å². The first-order valence-electron chi connectivity index (χ1n) is 13.5. The minimum absolute atomic E-state index is 0. The number of aliphatic hydroxyl groups is 1. The van der Waals surface area contributed by atoms with E-state index in [-0.39, 0.29) is 81.7 Å². The number of rotatable bonds is 9. The average molecular weight is 613 g/mol. The number of carbonyl (C=O) groups is 2. The van der Waals surface area contributed by atoms with Gasteiger partial charge in [0.25, 0.3) is 5.88 Å². The Hall–Kier alpha value is -1.48. The van der Waals surface area contributed by atoms with Gasteiger partial charge >= 0.3 is 51.4 Å². The summed E-state index contributed by atoms with van der Waals surface area (Å²) in [5.41, 5.74) is 5.10. The second-order valence-corrected chi connectivity index (χ2v) is 10.5. The number of nitrogens with zero attached hydrogens (tertiary/aromatic N) is 4. The van der Waals surface area contributed by atoms with Gasteiger partial charge in [0.2, 0.25) is 5.91 Å². The molecule has 0 bridgehead atoms. The van der Waals surface area contributed by atoms with Gasteiger partial charge in [-0.2, -0.15) is 0 Å². The number of β-amino-alcohol motifs (C(OH)–C–C–N with tert-alkyl or cyclic N) is 1. The Labute approximate surface area is 289 Å². The van der Waals surface area contributed by atoms with Crippen LogP contribution in [0.25, 0.3) is 10.4 Å². The fourth-order valence-electron chi connectivity index (χ4n) is 4.18. The van der Waals surface area contributed by atoms with Gasteiger partial charge in [0.15, 0.2) is 12.0 Å². The van der Waals surface area contributed by atoms with Crippen molar-refractivity contribution in [1.82, 2.24) is 20.1 Å². The van der Waals surface area contributed by atoms with E-state index in [1.165, 1.54) is 4.88 Å². The van der Waals surface area contributed by atoms with Crippen molar-refractivity contribution in [3.8, 4) is 16.3 Å². The first kappa shape index (κ1) is 37.5. The molecule has 3 atom stereocenters. The summed E-state index contributed by atoms with van der Waals surface area (Å²) in [5, 5.41) is 25.4. The zero-order valence-electron chi connectivity index (χ0n) is 25.4. The minimum atomic E-state index is -0.476. The van der Waals surface area contributed by atoms with Crippen LogP contribution in [0.2, 0.25) is 0 Å². The molecule has 1 aromatic carbocycles. The van der Waals surface area contributed by atoms with E-state index < -0.39 is 12.0 Å². The summed E-state index contributed by atoms with van der Waals surface area (Å²) in [6.07, 6.45) is 0.758. The number of hydrogen-bond donors (Lipinski definition) is 1. The maximum atomic E-state index is 12.6. The van der Waals surface area contributed by atoms with Gasteiger partial charge in [-0.1, -0.05) is 52.0 Å². The van der Waals surface area contributed by atoms with Crippen LogP contribution < -0.4 is 56.1 Å². The molecule has 12 heteroatoms. The molecule has 1 aliphatic heterocycles. The fourth-order valence-corrected chi connectivity index (χ4v) is 4.99. The van der Waals surface area contributed by atoms with E-state index in [9.17, 15) is 19.9 Å². The number of hydroxylamine groups is 2. The Morgan fingerprint density at radius 2 is 1.95 bits per heavy atom. The van der Waals surface area contributed by atoms with Crippen LogP contribution in [-0.2, 0) is 9.59 Å². The number of aldehydes is 1. The molecule has 41 heavy (non-hydrogen) atoms. The quantitative estimate of drug-likeness (QED) is 0.219. The van der Waals surface area contributed by atoms with Gasteiger partial charge in [-0.15, -0.1) is 11.3 Å². The molecule has 2 aromatic heterocycles. The second-order valence-electron chi connectivity index (χ2n) is 9.60. The zero-order valence-corrected chi connectivity index (χ0v) is 29.3. The Bertz CT molecular complexity index is 1180. The molecule has 1 fully saturated rings. The van der Waals surface area contributed by atoms with E-state index in [0.717, 1.165) is 21.9 Å². The topological polar surface area (TPSA) is 132 Å². The van der Waals surface area contributed by atoms with Crippen molar-refractivity contribution in [2.75, 3.05) is 26.7 Å². The maximum Gasteiger partial charge on any atom is 1.00 e. The number of hydrogen-bond acceptors (Lipinski definition) is 10. The van der Waals surface area contributed by atoms with Gasteiger partial charge in [0, 0.05) is 25.2 Å². The molecular formula is C29H41KN4O6S. The number of ether oxygens (including phenoxy) is 1. The summed E-state index contributed by atoms with van der Waals surface area (Å²) in [6, 6.07) is 9.55. The molecule has 0 saturated carbocycles. The van der Waals surface area contributed by atoms with Crippen LogP contribution >= 0.6 is 11.3 Å². The number of aromatic nitrogens is 2. The van der Waals surface area contributed by atoms with Crippen molar-refractivity contribution in [3.63, 3.8) is 0 Å². The molecule has 1 aliphatic rings. The maximum absolute atomic E-state index is 12.6. The summed E-state index contributed by atoms with van der Waals surface area (Å²) in [6.45, 7) is 12.5. The van der Waals surface area contributed by atoms with Crippen LogP contribution in [0.3, 0.4) is 0 Å². The van der Waals surface area contributed by atoms with Crippen molar-refractivity contribution >= 4 is 23.5 Å². The van der Waals surface area contributed by atoms with E-state index >= 15 is 0 Å². The number of likely N-dealkylation sites (tertiary alicyclic amines) is 1. The Morgan fingerprint density at radius 3 is 2.44 bits per heavy atom.